The average Bonchev–Trinajstić information content (AvgIpc) is 2.65. The van der Waals surface area contributed by atoms with Crippen LogP contribution in [0, 0.1) is 17.1 Å². The Hall–Kier alpha value is -2.53. The number of piperazine rings is 1. The lowest BCUT2D eigenvalue weighted by atomic mass is 9.82. The molecule has 2 fully saturated rings. The van der Waals surface area contributed by atoms with Crippen molar-refractivity contribution in [2.75, 3.05) is 39.8 Å². The smallest absolute Gasteiger partial charge is 0.244 e. The van der Waals surface area contributed by atoms with Gasteiger partial charge in [0, 0.05) is 31.9 Å². The van der Waals surface area contributed by atoms with Gasteiger partial charge in [-0.3, -0.25) is 19.5 Å². The molecule has 0 unspecified atom stereocenters. The van der Waals surface area contributed by atoms with E-state index < -0.39 is 11.4 Å². The number of halogens is 1. The molecule has 7 nitrogen and oxygen atoms in total. The summed E-state index contributed by atoms with van der Waals surface area (Å²) in [6, 6.07) is 4.85. The predicted molar refractivity (Wildman–Crippen MR) is 91.3 cm³/mol. The molecule has 2 aliphatic heterocycles. The van der Waals surface area contributed by atoms with E-state index in [9.17, 15) is 14.0 Å². The van der Waals surface area contributed by atoms with Gasteiger partial charge in [0.15, 0.2) is 0 Å². The van der Waals surface area contributed by atoms with Gasteiger partial charge in [-0.1, -0.05) is 0 Å². The van der Waals surface area contributed by atoms with Gasteiger partial charge >= 0.3 is 0 Å². The van der Waals surface area contributed by atoms with Crippen molar-refractivity contribution in [3.63, 3.8) is 0 Å². The van der Waals surface area contributed by atoms with Gasteiger partial charge in [0.05, 0.1) is 18.7 Å². The van der Waals surface area contributed by atoms with Crippen LogP contribution < -0.4 is 0 Å². The monoisotopic (exact) mass is 359 g/mol. The molecular formula is C18H22FN5O2. The number of likely N-dealkylation sites (N-methyl/N-ethyl adjacent to an activating group) is 1. The normalized spacial score (nSPS) is 20.3. The van der Waals surface area contributed by atoms with Crippen molar-refractivity contribution in [1.82, 2.24) is 19.7 Å². The zero-order chi connectivity index (χ0) is 18.7. The molecule has 0 aliphatic carbocycles. The lowest BCUT2D eigenvalue weighted by Gasteiger charge is -2.51. The standard InChI is InChI=1S/C18H22FN5O2/c1-22-10-11-24(9-6-20)17(26)18(22)4-7-23(8-5-18)16(25)12-15-3-2-14(19)13-21-15/h2-3,13H,4-5,7-12H2,1H3. The maximum absolute atomic E-state index is 12.9. The van der Waals surface area contributed by atoms with Crippen LogP contribution in [0.1, 0.15) is 18.5 Å². The molecule has 2 aliphatic rings. The Morgan fingerprint density at radius 3 is 2.65 bits per heavy atom. The SMILES string of the molecule is CN1CCN(CC#N)C(=O)C12CCN(C(=O)Cc1ccc(F)cn1)CC2. The number of pyridine rings is 1. The van der Waals surface area contributed by atoms with Crippen molar-refractivity contribution in [1.29, 1.82) is 5.26 Å². The van der Waals surface area contributed by atoms with Crippen molar-refractivity contribution >= 4 is 11.8 Å². The van der Waals surface area contributed by atoms with Crippen LogP contribution in [0.25, 0.3) is 0 Å². The van der Waals surface area contributed by atoms with E-state index in [1.165, 1.54) is 12.1 Å². The van der Waals surface area contributed by atoms with Gasteiger partial charge in [-0.15, -0.1) is 0 Å². The average molecular weight is 359 g/mol. The zero-order valence-electron chi connectivity index (χ0n) is 14.8. The molecule has 0 saturated carbocycles. The number of piperidine rings is 1. The summed E-state index contributed by atoms with van der Waals surface area (Å²) < 4.78 is 12.9. The number of nitrogens with zero attached hydrogens (tertiary/aromatic N) is 5. The number of amides is 2. The lowest BCUT2D eigenvalue weighted by Crippen LogP contribution is -2.68. The first-order chi connectivity index (χ1) is 12.5. The fourth-order valence-electron chi connectivity index (χ4n) is 3.78. The molecule has 3 heterocycles. The fraction of sp³-hybridized carbons (Fsp3) is 0.556. The van der Waals surface area contributed by atoms with Gasteiger partial charge in [-0.2, -0.15) is 5.26 Å². The van der Waals surface area contributed by atoms with Crippen LogP contribution in [0.3, 0.4) is 0 Å². The molecule has 1 aromatic rings. The molecule has 8 heteroatoms. The third-order valence-corrected chi connectivity index (χ3v) is 5.45. The summed E-state index contributed by atoms with van der Waals surface area (Å²) in [5.74, 6) is -0.513. The van der Waals surface area contributed by atoms with Crippen LogP contribution in [-0.2, 0) is 16.0 Å². The summed E-state index contributed by atoms with van der Waals surface area (Å²) in [7, 11) is 1.93. The Kier molecular flexibility index (Phi) is 5.18. The Morgan fingerprint density at radius 1 is 1.31 bits per heavy atom. The molecule has 0 aromatic carbocycles. The summed E-state index contributed by atoms with van der Waals surface area (Å²) in [6.45, 7) is 2.35. The second-order valence-electron chi connectivity index (χ2n) is 6.86. The van der Waals surface area contributed by atoms with Gasteiger partial charge in [-0.05, 0) is 32.0 Å². The molecular weight excluding hydrogens is 337 g/mol. The Morgan fingerprint density at radius 2 is 2.04 bits per heavy atom. The van der Waals surface area contributed by atoms with Gasteiger partial charge in [-0.25, -0.2) is 4.39 Å². The van der Waals surface area contributed by atoms with E-state index in [1.54, 1.807) is 9.80 Å². The first kappa shape index (κ1) is 18.3. The third-order valence-electron chi connectivity index (χ3n) is 5.45. The van der Waals surface area contributed by atoms with E-state index in [2.05, 4.69) is 16.0 Å². The number of carbonyl (C=O) groups excluding carboxylic acids is 2. The van der Waals surface area contributed by atoms with Gasteiger partial charge in [0.2, 0.25) is 11.8 Å². The topological polar surface area (TPSA) is 80.5 Å². The van der Waals surface area contributed by atoms with Crippen molar-refractivity contribution in [3.05, 3.63) is 29.8 Å². The summed E-state index contributed by atoms with van der Waals surface area (Å²) in [4.78, 5) is 34.7. The van der Waals surface area contributed by atoms with E-state index in [1.807, 2.05) is 7.05 Å². The molecule has 0 atom stereocenters. The third kappa shape index (κ3) is 3.40. The van der Waals surface area contributed by atoms with E-state index in [-0.39, 0.29) is 24.8 Å². The van der Waals surface area contributed by atoms with Crippen molar-refractivity contribution in [3.8, 4) is 6.07 Å². The van der Waals surface area contributed by atoms with E-state index in [0.29, 0.717) is 38.2 Å². The highest BCUT2D eigenvalue weighted by atomic mass is 19.1. The first-order valence-electron chi connectivity index (χ1n) is 8.72. The highest BCUT2D eigenvalue weighted by Gasteiger charge is 2.49. The molecule has 0 bridgehead atoms. The second-order valence-corrected chi connectivity index (χ2v) is 6.86. The van der Waals surface area contributed by atoms with Gasteiger partial charge in [0.1, 0.15) is 17.9 Å². The number of rotatable bonds is 3. The summed E-state index contributed by atoms with van der Waals surface area (Å²) in [5.41, 5.74) is -0.0947. The number of likely N-dealkylation sites (tertiary alicyclic amines) is 1. The van der Waals surface area contributed by atoms with Crippen molar-refractivity contribution in [2.45, 2.75) is 24.8 Å². The molecule has 2 amide bonds. The molecule has 2 saturated heterocycles. The number of hydrogen-bond donors (Lipinski definition) is 0. The fourth-order valence-corrected chi connectivity index (χ4v) is 3.78. The van der Waals surface area contributed by atoms with E-state index >= 15 is 0 Å². The van der Waals surface area contributed by atoms with Gasteiger partial charge in [0.25, 0.3) is 0 Å². The van der Waals surface area contributed by atoms with Crippen LogP contribution in [0.2, 0.25) is 0 Å². The minimum Gasteiger partial charge on any atom is -0.342 e. The zero-order valence-corrected chi connectivity index (χ0v) is 14.8. The second kappa shape index (κ2) is 7.38. The quantitative estimate of drug-likeness (QED) is 0.731. The van der Waals surface area contributed by atoms with Crippen LogP contribution in [0.4, 0.5) is 4.39 Å². The van der Waals surface area contributed by atoms with Crippen LogP contribution in [-0.4, -0.2) is 76.8 Å². The van der Waals surface area contributed by atoms with E-state index in [4.69, 9.17) is 5.26 Å². The Balaban J connectivity index is 1.64. The maximum atomic E-state index is 12.9. The number of nitriles is 1. The predicted octanol–water partition coefficient (Wildman–Crippen LogP) is 0.422. The van der Waals surface area contributed by atoms with Gasteiger partial charge < -0.3 is 9.80 Å². The number of hydrogen-bond acceptors (Lipinski definition) is 5. The molecule has 1 spiro atoms. The lowest BCUT2D eigenvalue weighted by molar-refractivity contribution is -0.155. The van der Waals surface area contributed by atoms with Crippen molar-refractivity contribution < 1.29 is 14.0 Å². The van der Waals surface area contributed by atoms with Crippen LogP contribution in [0.5, 0.6) is 0 Å². The minimum atomic E-state index is -0.625. The Bertz CT molecular complexity index is 722. The van der Waals surface area contributed by atoms with Crippen LogP contribution in [0.15, 0.2) is 18.3 Å². The summed E-state index contributed by atoms with van der Waals surface area (Å²) >= 11 is 0. The summed E-state index contributed by atoms with van der Waals surface area (Å²) in [6.07, 6.45) is 2.32. The first-order valence-corrected chi connectivity index (χ1v) is 8.72. The van der Waals surface area contributed by atoms with Crippen molar-refractivity contribution in [2.24, 2.45) is 0 Å². The molecule has 1 aromatic heterocycles. The largest absolute Gasteiger partial charge is 0.342 e. The summed E-state index contributed by atoms with van der Waals surface area (Å²) in [5, 5.41) is 8.92. The highest BCUT2D eigenvalue weighted by Crippen LogP contribution is 2.32. The maximum Gasteiger partial charge on any atom is 0.244 e. The number of carbonyl (C=O) groups is 2. The molecule has 26 heavy (non-hydrogen) atoms. The van der Waals surface area contributed by atoms with E-state index in [0.717, 1.165) is 12.7 Å². The Labute approximate surface area is 152 Å². The molecule has 3 rings (SSSR count). The molecule has 138 valence electrons. The van der Waals surface area contributed by atoms with Crippen LogP contribution >= 0.6 is 0 Å². The molecule has 0 N–H and O–H groups in total. The highest BCUT2D eigenvalue weighted by molar-refractivity contribution is 5.88. The number of aromatic nitrogens is 1. The minimum absolute atomic E-state index is 0.0138. The molecule has 0 radical (unpaired) electrons.